The zero-order chi connectivity index (χ0) is 12.9. The Morgan fingerprint density at radius 1 is 1.29 bits per heavy atom. The minimum Gasteiger partial charge on any atom is -0.545 e. The van der Waals surface area contributed by atoms with Crippen molar-refractivity contribution in [2.24, 2.45) is 0 Å². The number of benzene rings is 1. The summed E-state index contributed by atoms with van der Waals surface area (Å²) in [5, 5.41) is 20.2. The summed E-state index contributed by atoms with van der Waals surface area (Å²) in [5.74, 6) is -0.308. The van der Waals surface area contributed by atoms with Crippen molar-refractivity contribution in [2.75, 3.05) is 19.3 Å². The van der Waals surface area contributed by atoms with Crippen LogP contribution < -0.4 is 5.32 Å². The third-order valence-corrected chi connectivity index (χ3v) is 2.73. The van der Waals surface area contributed by atoms with E-state index in [1.54, 1.807) is 6.07 Å². The molecule has 0 saturated heterocycles. The minimum absolute atomic E-state index is 0.152. The molecule has 1 aromatic rings. The second kappa shape index (κ2) is 5.85. The first-order valence-corrected chi connectivity index (χ1v) is 6.94. The molecule has 1 rings (SSSR count). The van der Waals surface area contributed by atoms with E-state index in [9.17, 15) is 13.5 Å². The Bertz CT molecular complexity index is 473. The summed E-state index contributed by atoms with van der Waals surface area (Å²) in [6, 6.07) is 4.58. The number of nitrogens with two attached hydrogens (primary N) is 1. The highest BCUT2D eigenvalue weighted by atomic mass is 32.2. The molecule has 0 aromatic heterocycles. The van der Waals surface area contributed by atoms with E-state index in [2.05, 4.69) is 4.72 Å². The fraction of sp³-hybridized carbons (Fsp3) is 0.400. The summed E-state index contributed by atoms with van der Waals surface area (Å²) in [4.78, 5) is 0. The van der Waals surface area contributed by atoms with Crippen LogP contribution in [0.4, 0.5) is 0 Å². The fourth-order valence-electron chi connectivity index (χ4n) is 1.27. The van der Waals surface area contributed by atoms with Crippen molar-refractivity contribution < 1.29 is 23.9 Å². The van der Waals surface area contributed by atoms with Crippen LogP contribution in [0.3, 0.4) is 0 Å². The van der Waals surface area contributed by atoms with Crippen LogP contribution in [-0.4, -0.2) is 38.0 Å². The molecule has 0 aliphatic heterocycles. The average molecular weight is 260 g/mol. The van der Waals surface area contributed by atoms with Crippen molar-refractivity contribution in [3.63, 3.8) is 0 Å². The maximum absolute atomic E-state index is 10.7. The van der Waals surface area contributed by atoms with E-state index in [1.807, 2.05) is 5.32 Å². The molecule has 7 heteroatoms. The third kappa shape index (κ3) is 5.53. The molecular weight excluding hydrogens is 244 g/mol. The molecule has 6 nitrogen and oxygen atoms in total. The molecule has 0 aliphatic carbocycles. The number of phenols is 2. The van der Waals surface area contributed by atoms with Crippen LogP contribution in [0.2, 0.25) is 0 Å². The molecule has 0 fully saturated rings. The van der Waals surface area contributed by atoms with Gasteiger partial charge in [-0.1, -0.05) is 6.54 Å². The van der Waals surface area contributed by atoms with Gasteiger partial charge < -0.3 is 20.3 Å². The number of aromatic hydroxyl groups is 2. The maximum Gasteiger partial charge on any atom is 0.157 e. The van der Waals surface area contributed by atoms with E-state index in [1.165, 1.54) is 12.1 Å². The summed E-state index contributed by atoms with van der Waals surface area (Å²) in [7, 11) is -3.25. The number of hydrogen-bond donors (Lipinski definition) is 3. The predicted molar refractivity (Wildman–Crippen MR) is 63.3 cm³/mol. The van der Waals surface area contributed by atoms with Crippen LogP contribution in [0.1, 0.15) is 5.56 Å². The molecule has 0 atom stereocenters. The first-order chi connectivity index (χ1) is 7.88. The minimum atomic E-state index is -3.25. The standard InChI is InChI=1S/C10H15N2O4S/c1-17(15,16)12-5-4-11-7-8-2-3-9(13)10(14)6-8/h2-3,6,11,13-14H,4-5,7H2,1H3/q-1/p+1. The van der Waals surface area contributed by atoms with Gasteiger partial charge in [-0.15, -0.1) is 0 Å². The zero-order valence-electron chi connectivity index (χ0n) is 9.50. The number of phenolic OH excluding ortho intramolecular Hbond substituents is 2. The number of quaternary nitrogens is 1. The van der Waals surface area contributed by atoms with Crippen LogP contribution in [0.5, 0.6) is 11.5 Å². The molecule has 0 radical (unpaired) electrons. The van der Waals surface area contributed by atoms with Crippen molar-refractivity contribution in [3.8, 4) is 11.5 Å². The van der Waals surface area contributed by atoms with Crippen molar-refractivity contribution in [3.05, 3.63) is 28.5 Å². The Hall–Kier alpha value is -1.31. The van der Waals surface area contributed by atoms with Crippen molar-refractivity contribution in [1.82, 2.24) is 0 Å². The molecule has 0 aliphatic rings. The lowest BCUT2D eigenvalue weighted by atomic mass is 10.2. The molecule has 96 valence electrons. The highest BCUT2D eigenvalue weighted by Gasteiger charge is 2.01. The van der Waals surface area contributed by atoms with Gasteiger partial charge in [-0.3, -0.25) is 0 Å². The smallest absolute Gasteiger partial charge is 0.157 e. The van der Waals surface area contributed by atoms with Crippen LogP contribution in [0.25, 0.3) is 4.72 Å². The van der Waals surface area contributed by atoms with Crippen LogP contribution in [0, 0.1) is 0 Å². The van der Waals surface area contributed by atoms with Gasteiger partial charge in [-0.25, -0.2) is 8.42 Å². The molecule has 0 unspecified atom stereocenters. The Balaban J connectivity index is 2.29. The third-order valence-electron chi connectivity index (χ3n) is 2.08. The predicted octanol–water partition coefficient (Wildman–Crippen LogP) is -0.506. The number of nitrogens with zero attached hydrogens (tertiary/aromatic N) is 1. The van der Waals surface area contributed by atoms with Gasteiger partial charge in [-0.2, -0.15) is 0 Å². The van der Waals surface area contributed by atoms with Crippen LogP contribution in [-0.2, 0) is 16.6 Å². The topological polar surface area (TPSA) is 105 Å². The second-order valence-electron chi connectivity index (χ2n) is 3.69. The molecule has 0 bridgehead atoms. The fourth-order valence-corrected chi connectivity index (χ4v) is 1.71. The first-order valence-electron chi connectivity index (χ1n) is 5.10. The second-order valence-corrected chi connectivity index (χ2v) is 5.41. The van der Waals surface area contributed by atoms with Gasteiger partial charge in [0.2, 0.25) is 0 Å². The largest absolute Gasteiger partial charge is 0.545 e. The van der Waals surface area contributed by atoms with Gasteiger partial charge in [0.1, 0.15) is 6.54 Å². The normalized spacial score (nSPS) is 11.6. The van der Waals surface area contributed by atoms with Gasteiger partial charge in [-0.05, 0) is 18.2 Å². The van der Waals surface area contributed by atoms with Crippen molar-refractivity contribution in [2.45, 2.75) is 6.54 Å². The summed E-state index contributed by atoms with van der Waals surface area (Å²) in [6.45, 7) is 1.38. The number of hydrogen-bond acceptors (Lipinski definition) is 4. The Labute approximate surface area is 100 Å². The van der Waals surface area contributed by atoms with E-state index in [4.69, 9.17) is 5.11 Å². The SMILES string of the molecule is CS(=O)(=O)[N-]CC[NH2+]Cc1ccc(O)c(O)c1. The highest BCUT2D eigenvalue weighted by Crippen LogP contribution is 2.24. The summed E-state index contributed by atoms with van der Waals surface area (Å²) >= 11 is 0. The molecule has 1 aromatic carbocycles. The van der Waals surface area contributed by atoms with Gasteiger partial charge in [0, 0.05) is 11.8 Å². The molecule has 0 amide bonds. The van der Waals surface area contributed by atoms with Crippen LogP contribution in [0.15, 0.2) is 18.2 Å². The summed E-state index contributed by atoms with van der Waals surface area (Å²) < 4.78 is 24.9. The Morgan fingerprint density at radius 2 is 2.00 bits per heavy atom. The summed E-state index contributed by atoms with van der Waals surface area (Å²) in [5.41, 5.74) is 0.847. The first kappa shape index (κ1) is 13.8. The number of rotatable bonds is 6. The lowest BCUT2D eigenvalue weighted by molar-refractivity contribution is -0.667. The molecule has 0 spiro atoms. The van der Waals surface area contributed by atoms with Gasteiger partial charge in [0.05, 0.1) is 16.6 Å². The van der Waals surface area contributed by atoms with E-state index in [0.717, 1.165) is 11.8 Å². The lowest BCUT2D eigenvalue weighted by Crippen LogP contribution is -2.83. The Kier molecular flexibility index (Phi) is 4.73. The molecule has 17 heavy (non-hydrogen) atoms. The van der Waals surface area contributed by atoms with Gasteiger partial charge in [0.25, 0.3) is 0 Å². The summed E-state index contributed by atoms with van der Waals surface area (Å²) in [6.07, 6.45) is 1.06. The highest BCUT2D eigenvalue weighted by molar-refractivity contribution is 7.93. The van der Waals surface area contributed by atoms with Crippen molar-refractivity contribution >= 4 is 10.0 Å². The quantitative estimate of drug-likeness (QED) is 0.473. The average Bonchev–Trinajstić information content (AvgIpc) is 2.21. The van der Waals surface area contributed by atoms with E-state index in [0.29, 0.717) is 13.1 Å². The zero-order valence-corrected chi connectivity index (χ0v) is 10.3. The van der Waals surface area contributed by atoms with Gasteiger partial charge >= 0.3 is 0 Å². The maximum atomic E-state index is 10.7. The number of sulfonamides is 1. The monoisotopic (exact) mass is 260 g/mol. The molecule has 4 N–H and O–H groups in total. The van der Waals surface area contributed by atoms with E-state index < -0.39 is 10.0 Å². The molecular formula is C10H16N2O4S. The van der Waals surface area contributed by atoms with E-state index in [-0.39, 0.29) is 18.0 Å². The van der Waals surface area contributed by atoms with Crippen molar-refractivity contribution in [1.29, 1.82) is 0 Å². The van der Waals surface area contributed by atoms with Crippen LogP contribution >= 0.6 is 0 Å². The van der Waals surface area contributed by atoms with Gasteiger partial charge in [0.15, 0.2) is 11.5 Å². The molecule has 0 heterocycles. The van der Waals surface area contributed by atoms with E-state index >= 15 is 0 Å². The lowest BCUT2D eigenvalue weighted by Gasteiger charge is -2.14. The molecule has 0 saturated carbocycles. The Morgan fingerprint density at radius 3 is 2.59 bits per heavy atom.